The molecule has 0 aliphatic carbocycles. The van der Waals surface area contributed by atoms with Crippen molar-refractivity contribution in [3.63, 3.8) is 0 Å². The predicted molar refractivity (Wildman–Crippen MR) is 52.2 cm³/mol. The van der Waals surface area contributed by atoms with Gasteiger partial charge in [0.15, 0.2) is 0 Å². The summed E-state index contributed by atoms with van der Waals surface area (Å²) in [5.74, 6) is 0. The van der Waals surface area contributed by atoms with E-state index in [9.17, 15) is 10.1 Å². The quantitative estimate of drug-likeness (QED) is 0.541. The molecular weight excluding hydrogens is 190 g/mol. The van der Waals surface area contributed by atoms with Crippen LogP contribution in [0.2, 0.25) is 5.02 Å². The van der Waals surface area contributed by atoms with Crippen LogP contribution in [0.4, 0.5) is 0 Å². The number of benzene rings is 1. The summed E-state index contributed by atoms with van der Waals surface area (Å²) in [6.45, 7) is 1.85. The first-order valence-corrected chi connectivity index (χ1v) is 4.05. The molecule has 1 aromatic rings. The highest BCUT2D eigenvalue weighted by Gasteiger charge is 1.96. The Labute approximate surface area is 80.8 Å². The Hall–Kier alpha value is -1.35. The highest BCUT2D eigenvalue weighted by Crippen LogP contribution is 2.16. The van der Waals surface area contributed by atoms with Crippen molar-refractivity contribution in [1.82, 2.24) is 0 Å². The van der Waals surface area contributed by atoms with E-state index in [2.05, 4.69) is 0 Å². The van der Waals surface area contributed by atoms with E-state index < -0.39 is 4.92 Å². The van der Waals surface area contributed by atoms with E-state index in [0.717, 1.165) is 17.3 Å². The van der Waals surface area contributed by atoms with E-state index in [1.165, 1.54) is 6.08 Å². The van der Waals surface area contributed by atoms with Crippen molar-refractivity contribution in [2.45, 2.75) is 6.92 Å². The van der Waals surface area contributed by atoms with E-state index in [1.807, 2.05) is 6.92 Å². The Morgan fingerprint density at radius 3 is 2.77 bits per heavy atom. The monoisotopic (exact) mass is 197 g/mol. The summed E-state index contributed by atoms with van der Waals surface area (Å²) in [5, 5.41) is 10.7. The van der Waals surface area contributed by atoms with Gasteiger partial charge < -0.3 is 0 Å². The van der Waals surface area contributed by atoms with Gasteiger partial charge in [-0.3, -0.25) is 10.1 Å². The molecule has 0 aliphatic heterocycles. The zero-order valence-corrected chi connectivity index (χ0v) is 7.78. The zero-order valence-electron chi connectivity index (χ0n) is 7.03. The van der Waals surface area contributed by atoms with E-state index in [4.69, 9.17) is 11.6 Å². The lowest BCUT2D eigenvalue weighted by atomic mass is 10.1. The zero-order chi connectivity index (χ0) is 9.84. The van der Waals surface area contributed by atoms with Crippen molar-refractivity contribution in [3.8, 4) is 0 Å². The molecule has 68 valence electrons. The van der Waals surface area contributed by atoms with Gasteiger partial charge in [-0.15, -0.1) is 0 Å². The van der Waals surface area contributed by atoms with Crippen LogP contribution in [-0.2, 0) is 0 Å². The Kier molecular flexibility index (Phi) is 3.03. The van der Waals surface area contributed by atoms with Gasteiger partial charge in [-0.05, 0) is 30.2 Å². The van der Waals surface area contributed by atoms with E-state index in [0.29, 0.717) is 5.02 Å². The van der Waals surface area contributed by atoms with Crippen molar-refractivity contribution >= 4 is 17.7 Å². The number of hydrogen-bond acceptors (Lipinski definition) is 2. The minimum atomic E-state index is -0.492. The third-order valence-electron chi connectivity index (χ3n) is 1.61. The molecule has 1 aromatic carbocycles. The normalized spacial score (nSPS) is 10.6. The SMILES string of the molecule is Cc1cc(Cl)ccc1C=C[N+](=O)[O-]. The Bertz CT molecular complexity index is 361. The van der Waals surface area contributed by atoms with Crippen molar-refractivity contribution in [1.29, 1.82) is 0 Å². The summed E-state index contributed by atoms with van der Waals surface area (Å²) in [4.78, 5) is 9.55. The molecule has 1 rings (SSSR count). The van der Waals surface area contributed by atoms with Crippen LogP contribution in [-0.4, -0.2) is 4.92 Å². The van der Waals surface area contributed by atoms with Gasteiger partial charge in [-0.1, -0.05) is 17.7 Å². The molecule has 0 saturated carbocycles. The molecule has 13 heavy (non-hydrogen) atoms. The summed E-state index contributed by atoms with van der Waals surface area (Å²) in [6.07, 6.45) is 2.36. The van der Waals surface area contributed by atoms with Gasteiger partial charge >= 0.3 is 0 Å². The van der Waals surface area contributed by atoms with Crippen molar-refractivity contribution in [2.24, 2.45) is 0 Å². The molecule has 0 atom stereocenters. The number of nitrogens with zero attached hydrogens (tertiary/aromatic N) is 1. The second-order valence-electron chi connectivity index (χ2n) is 2.60. The summed E-state index contributed by atoms with van der Waals surface area (Å²) in [6, 6.07) is 5.22. The first kappa shape index (κ1) is 9.74. The lowest BCUT2D eigenvalue weighted by Crippen LogP contribution is -1.84. The molecule has 0 aromatic heterocycles. The fourth-order valence-electron chi connectivity index (χ4n) is 0.967. The lowest BCUT2D eigenvalue weighted by Gasteiger charge is -1.98. The summed E-state index contributed by atoms with van der Waals surface area (Å²) >= 11 is 5.72. The summed E-state index contributed by atoms with van der Waals surface area (Å²) in [5.41, 5.74) is 1.73. The third-order valence-corrected chi connectivity index (χ3v) is 1.84. The second kappa shape index (κ2) is 4.05. The molecule has 0 saturated heterocycles. The molecule has 0 aliphatic rings. The number of aryl methyl sites for hydroxylation is 1. The Morgan fingerprint density at radius 2 is 2.23 bits per heavy atom. The summed E-state index contributed by atoms with van der Waals surface area (Å²) in [7, 11) is 0. The van der Waals surface area contributed by atoms with Crippen LogP contribution < -0.4 is 0 Å². The molecule has 0 N–H and O–H groups in total. The molecule has 0 heterocycles. The van der Waals surface area contributed by atoms with Gasteiger partial charge in [0.05, 0.1) is 4.92 Å². The predicted octanol–water partition coefficient (Wildman–Crippen LogP) is 2.90. The number of rotatable bonds is 2. The van der Waals surface area contributed by atoms with Crippen LogP contribution in [0.1, 0.15) is 11.1 Å². The fourth-order valence-corrected chi connectivity index (χ4v) is 1.19. The standard InChI is InChI=1S/C9H8ClNO2/c1-7-6-9(10)3-2-8(7)4-5-11(12)13/h2-6H,1H3. The van der Waals surface area contributed by atoms with E-state index in [1.54, 1.807) is 18.2 Å². The Balaban J connectivity index is 2.96. The molecule has 0 amide bonds. The van der Waals surface area contributed by atoms with E-state index in [-0.39, 0.29) is 0 Å². The third kappa shape index (κ3) is 2.87. The maximum Gasteiger partial charge on any atom is 0.235 e. The first-order valence-electron chi connectivity index (χ1n) is 3.67. The molecule has 0 unspecified atom stereocenters. The molecule has 0 fully saturated rings. The average Bonchev–Trinajstić information content (AvgIpc) is 2.02. The van der Waals surface area contributed by atoms with Gasteiger partial charge in [-0.2, -0.15) is 0 Å². The maximum atomic E-state index is 10.0. The van der Waals surface area contributed by atoms with Crippen LogP contribution >= 0.6 is 11.6 Å². The minimum absolute atomic E-state index is 0.492. The van der Waals surface area contributed by atoms with Crippen LogP contribution in [0.5, 0.6) is 0 Å². The molecule has 0 spiro atoms. The van der Waals surface area contributed by atoms with Crippen LogP contribution in [0.3, 0.4) is 0 Å². The molecule has 0 radical (unpaired) electrons. The largest absolute Gasteiger partial charge is 0.259 e. The smallest absolute Gasteiger partial charge is 0.235 e. The van der Waals surface area contributed by atoms with Crippen molar-refractivity contribution in [3.05, 3.63) is 50.7 Å². The van der Waals surface area contributed by atoms with Crippen molar-refractivity contribution < 1.29 is 4.92 Å². The average molecular weight is 198 g/mol. The van der Waals surface area contributed by atoms with Gasteiger partial charge in [0, 0.05) is 11.1 Å². The lowest BCUT2D eigenvalue weighted by molar-refractivity contribution is -0.400. The van der Waals surface area contributed by atoms with Gasteiger partial charge in [0.1, 0.15) is 0 Å². The van der Waals surface area contributed by atoms with Crippen molar-refractivity contribution in [2.75, 3.05) is 0 Å². The van der Waals surface area contributed by atoms with Gasteiger partial charge in [0.2, 0.25) is 6.20 Å². The van der Waals surface area contributed by atoms with Crippen LogP contribution in [0.15, 0.2) is 24.4 Å². The number of halogens is 1. The molecule has 4 heteroatoms. The highest BCUT2D eigenvalue weighted by molar-refractivity contribution is 6.30. The molecule has 0 bridgehead atoms. The maximum absolute atomic E-state index is 10.0. The minimum Gasteiger partial charge on any atom is -0.259 e. The molecule has 3 nitrogen and oxygen atoms in total. The van der Waals surface area contributed by atoms with Crippen LogP contribution in [0, 0.1) is 17.0 Å². The number of nitro groups is 1. The second-order valence-corrected chi connectivity index (χ2v) is 3.04. The summed E-state index contributed by atoms with van der Waals surface area (Å²) < 4.78 is 0. The fraction of sp³-hybridized carbons (Fsp3) is 0.111. The molecular formula is C9H8ClNO2. The van der Waals surface area contributed by atoms with E-state index >= 15 is 0 Å². The first-order chi connectivity index (χ1) is 6.09. The topological polar surface area (TPSA) is 43.1 Å². The van der Waals surface area contributed by atoms with Gasteiger partial charge in [-0.25, -0.2) is 0 Å². The Morgan fingerprint density at radius 1 is 1.54 bits per heavy atom. The highest BCUT2D eigenvalue weighted by atomic mass is 35.5. The number of hydrogen-bond donors (Lipinski definition) is 0. The van der Waals surface area contributed by atoms with Crippen LogP contribution in [0.25, 0.3) is 6.08 Å². The van der Waals surface area contributed by atoms with Gasteiger partial charge in [0.25, 0.3) is 0 Å².